The van der Waals surface area contributed by atoms with E-state index in [1.807, 2.05) is 48.2 Å². The predicted molar refractivity (Wildman–Crippen MR) is 171 cm³/mol. The molecule has 0 radical (unpaired) electrons. The average molecular weight is 618 g/mol. The highest BCUT2D eigenvalue weighted by Gasteiger charge is 2.50. The van der Waals surface area contributed by atoms with Crippen molar-refractivity contribution in [1.29, 1.82) is 0 Å². The van der Waals surface area contributed by atoms with Crippen molar-refractivity contribution in [3.63, 3.8) is 0 Å². The lowest BCUT2D eigenvalue weighted by atomic mass is 9.83. The molecule has 8 nitrogen and oxygen atoms in total. The van der Waals surface area contributed by atoms with Crippen molar-refractivity contribution in [2.75, 3.05) is 51.5 Å². The zero-order chi connectivity index (χ0) is 31.6. The van der Waals surface area contributed by atoms with E-state index in [2.05, 4.69) is 11.0 Å². The molecule has 1 aromatic heterocycles. The molecule has 4 heterocycles. The molecule has 3 aromatic rings. The Balaban J connectivity index is 1.21. The molecule has 2 atom stereocenters. The number of hydrogen-bond donors (Lipinski definition) is 1. The summed E-state index contributed by atoms with van der Waals surface area (Å²) < 4.78 is 32.9. The molecular formula is C36H44FN3O5. The number of anilines is 1. The van der Waals surface area contributed by atoms with Crippen LogP contribution < -0.4 is 9.64 Å². The monoisotopic (exact) mass is 617 g/mol. The molecule has 2 fully saturated rings. The van der Waals surface area contributed by atoms with Crippen molar-refractivity contribution in [3.05, 3.63) is 76.6 Å². The van der Waals surface area contributed by atoms with Crippen molar-refractivity contribution < 1.29 is 28.5 Å². The first-order chi connectivity index (χ1) is 21.8. The summed E-state index contributed by atoms with van der Waals surface area (Å²) in [6.45, 7) is 8.30. The standard InChI is InChI=1S/C36H44FN3O5/c1-24-6-4-7-29(31-8-5-9-33(38-31)40-17-14-36(2,35(41)42)32(40)23-43-3)34(24)45-22-25-20-26-10-15-39(27-12-18-44-19-13-27)16-11-28(26)30(37)21-25/h4-9,20-21,27,32H,10-19,22-23H2,1-3H3,(H,41,42)/t32-,36-/m1/s1. The van der Waals surface area contributed by atoms with Crippen molar-refractivity contribution in [2.24, 2.45) is 5.41 Å². The summed E-state index contributed by atoms with van der Waals surface area (Å²) in [6, 6.07) is 15.7. The van der Waals surface area contributed by atoms with Gasteiger partial charge in [-0.15, -0.1) is 0 Å². The lowest BCUT2D eigenvalue weighted by molar-refractivity contribution is -0.148. The average Bonchev–Trinajstić information content (AvgIpc) is 3.23. The minimum Gasteiger partial charge on any atom is -0.488 e. The van der Waals surface area contributed by atoms with Gasteiger partial charge in [-0.25, -0.2) is 9.37 Å². The molecule has 0 bridgehead atoms. The molecule has 1 N–H and O–H groups in total. The second-order valence-corrected chi connectivity index (χ2v) is 12.9. The highest BCUT2D eigenvalue weighted by molar-refractivity contribution is 5.77. The van der Waals surface area contributed by atoms with Crippen LogP contribution in [0.2, 0.25) is 0 Å². The Morgan fingerprint density at radius 2 is 1.89 bits per heavy atom. The number of aliphatic carboxylic acids is 1. The fourth-order valence-electron chi connectivity index (χ4n) is 7.30. The zero-order valence-corrected chi connectivity index (χ0v) is 26.6. The molecule has 2 aromatic carbocycles. The third-order valence-electron chi connectivity index (χ3n) is 10.1. The molecule has 3 aliphatic heterocycles. The van der Waals surface area contributed by atoms with Crippen LogP contribution in [0.4, 0.5) is 10.2 Å². The first-order valence-electron chi connectivity index (χ1n) is 16.1. The van der Waals surface area contributed by atoms with Crippen LogP contribution in [0.3, 0.4) is 0 Å². The van der Waals surface area contributed by atoms with E-state index < -0.39 is 11.4 Å². The van der Waals surface area contributed by atoms with E-state index in [-0.39, 0.29) is 18.5 Å². The van der Waals surface area contributed by atoms with E-state index in [0.29, 0.717) is 37.2 Å². The number of rotatable bonds is 9. The third-order valence-corrected chi connectivity index (χ3v) is 10.1. The van der Waals surface area contributed by atoms with E-state index in [1.165, 1.54) is 0 Å². The maximum absolute atomic E-state index is 15.5. The smallest absolute Gasteiger partial charge is 0.311 e. The number of carboxylic acid groups (broad SMARTS) is 1. The Kier molecular flexibility index (Phi) is 9.40. The number of aromatic nitrogens is 1. The Labute approximate surface area is 265 Å². The van der Waals surface area contributed by atoms with Crippen LogP contribution >= 0.6 is 0 Å². The van der Waals surface area contributed by atoms with Gasteiger partial charge in [-0.3, -0.25) is 9.69 Å². The van der Waals surface area contributed by atoms with Crippen molar-refractivity contribution in [2.45, 2.75) is 64.6 Å². The van der Waals surface area contributed by atoms with Crippen molar-refractivity contribution in [3.8, 4) is 17.0 Å². The number of carbonyl (C=O) groups is 1. The molecule has 240 valence electrons. The highest BCUT2D eigenvalue weighted by Crippen LogP contribution is 2.41. The molecular weight excluding hydrogens is 573 g/mol. The van der Waals surface area contributed by atoms with E-state index in [0.717, 1.165) is 85.5 Å². The van der Waals surface area contributed by atoms with Gasteiger partial charge in [-0.05, 0) is 92.5 Å². The second kappa shape index (κ2) is 13.4. The van der Waals surface area contributed by atoms with Crippen LogP contribution in [0.25, 0.3) is 11.3 Å². The first kappa shape index (κ1) is 31.5. The fraction of sp³-hybridized carbons (Fsp3) is 0.500. The fourth-order valence-corrected chi connectivity index (χ4v) is 7.30. The minimum absolute atomic E-state index is 0.149. The summed E-state index contributed by atoms with van der Waals surface area (Å²) in [6.07, 6.45) is 4.14. The number of aryl methyl sites for hydroxylation is 1. The van der Waals surface area contributed by atoms with E-state index in [4.69, 9.17) is 19.2 Å². The number of para-hydroxylation sites is 1. The van der Waals surface area contributed by atoms with Gasteiger partial charge in [-0.2, -0.15) is 0 Å². The van der Waals surface area contributed by atoms with Gasteiger partial charge in [0, 0.05) is 51.6 Å². The van der Waals surface area contributed by atoms with Gasteiger partial charge >= 0.3 is 5.97 Å². The number of halogens is 1. The van der Waals surface area contributed by atoms with E-state index in [9.17, 15) is 9.90 Å². The van der Waals surface area contributed by atoms with Gasteiger partial charge in [0.05, 0.1) is 23.8 Å². The third kappa shape index (κ3) is 6.44. The number of hydrogen-bond acceptors (Lipinski definition) is 7. The molecule has 9 heteroatoms. The van der Waals surface area contributed by atoms with Gasteiger partial charge in [0.1, 0.15) is 24.0 Å². The number of fused-ring (bicyclic) bond motifs is 1. The molecule has 3 aliphatic rings. The zero-order valence-electron chi connectivity index (χ0n) is 26.6. The van der Waals surface area contributed by atoms with Gasteiger partial charge in [0.25, 0.3) is 0 Å². The van der Waals surface area contributed by atoms with Crippen LogP contribution in [-0.2, 0) is 33.7 Å². The summed E-state index contributed by atoms with van der Waals surface area (Å²) >= 11 is 0. The molecule has 0 spiro atoms. The molecule has 2 saturated heterocycles. The number of methoxy groups -OCH3 is 1. The van der Waals surface area contributed by atoms with E-state index >= 15 is 4.39 Å². The van der Waals surface area contributed by atoms with Crippen LogP contribution in [-0.4, -0.2) is 79.6 Å². The summed E-state index contributed by atoms with van der Waals surface area (Å²) in [5, 5.41) is 10.0. The van der Waals surface area contributed by atoms with E-state index in [1.54, 1.807) is 20.1 Å². The topological polar surface area (TPSA) is 84.4 Å². The quantitative estimate of drug-likeness (QED) is 0.329. The Morgan fingerprint density at radius 3 is 2.67 bits per heavy atom. The summed E-state index contributed by atoms with van der Waals surface area (Å²) in [4.78, 5) is 21.7. The Morgan fingerprint density at radius 1 is 1.11 bits per heavy atom. The first-order valence-corrected chi connectivity index (χ1v) is 16.1. The normalized spacial score (nSPS) is 22.7. The molecule has 0 aliphatic carbocycles. The van der Waals surface area contributed by atoms with Gasteiger partial charge < -0.3 is 24.2 Å². The van der Waals surface area contributed by atoms with Gasteiger partial charge in [-0.1, -0.05) is 24.3 Å². The predicted octanol–water partition coefficient (Wildman–Crippen LogP) is 5.67. The molecule has 45 heavy (non-hydrogen) atoms. The largest absolute Gasteiger partial charge is 0.488 e. The van der Waals surface area contributed by atoms with Crippen molar-refractivity contribution >= 4 is 11.8 Å². The van der Waals surface area contributed by atoms with Crippen LogP contribution in [0.1, 0.15) is 48.4 Å². The van der Waals surface area contributed by atoms with Crippen LogP contribution in [0.15, 0.2) is 48.5 Å². The minimum atomic E-state index is -0.933. The maximum Gasteiger partial charge on any atom is 0.311 e. The number of carboxylic acids is 1. The molecule has 0 saturated carbocycles. The van der Waals surface area contributed by atoms with Gasteiger partial charge in [0.15, 0.2) is 0 Å². The summed E-state index contributed by atoms with van der Waals surface area (Å²) in [5.41, 5.74) is 4.31. The summed E-state index contributed by atoms with van der Waals surface area (Å²) in [7, 11) is 1.59. The maximum atomic E-state index is 15.5. The second-order valence-electron chi connectivity index (χ2n) is 12.9. The van der Waals surface area contributed by atoms with Crippen LogP contribution in [0, 0.1) is 18.2 Å². The number of pyridine rings is 1. The Hall–Kier alpha value is -3.53. The summed E-state index contributed by atoms with van der Waals surface area (Å²) in [5.74, 6) is 0.426. The molecule has 0 amide bonds. The van der Waals surface area contributed by atoms with Crippen molar-refractivity contribution in [1.82, 2.24) is 9.88 Å². The number of nitrogens with zero attached hydrogens (tertiary/aromatic N) is 3. The lowest BCUT2D eigenvalue weighted by Crippen LogP contribution is -2.46. The van der Waals surface area contributed by atoms with Gasteiger partial charge in [0.2, 0.25) is 0 Å². The lowest BCUT2D eigenvalue weighted by Gasteiger charge is -2.33. The Bertz CT molecular complexity index is 1530. The highest BCUT2D eigenvalue weighted by atomic mass is 19.1. The molecule has 6 rings (SSSR count). The van der Waals surface area contributed by atoms with Crippen LogP contribution in [0.5, 0.6) is 5.75 Å². The number of benzene rings is 2. The number of ether oxygens (including phenoxy) is 3. The molecule has 0 unspecified atom stereocenters. The SMILES string of the molecule is COC[C@H]1N(c2cccc(-c3cccc(C)c3OCc3cc(F)c4c(c3)CCN(C3CCOCC3)CC4)n2)CC[C@@]1(C)C(=O)O.